The molecule has 2 aromatic rings. The van der Waals surface area contributed by atoms with Crippen LogP contribution in [0.4, 0.5) is 0 Å². The van der Waals surface area contributed by atoms with E-state index in [-0.39, 0.29) is 17.6 Å². The molecule has 4 rings (SSSR count). The highest BCUT2D eigenvalue weighted by Gasteiger charge is 2.50. The maximum Gasteiger partial charge on any atom is 0.164 e. The van der Waals surface area contributed by atoms with E-state index < -0.39 is 11.9 Å². The zero-order valence-corrected chi connectivity index (χ0v) is 13.9. The lowest BCUT2D eigenvalue weighted by Crippen LogP contribution is -2.50. The largest absolute Gasteiger partial charge is 0.387 e. The minimum atomic E-state index is -0.738. The Hall–Kier alpha value is -0.700. The van der Waals surface area contributed by atoms with Crippen LogP contribution in [-0.2, 0) is 14.2 Å². The smallest absolute Gasteiger partial charge is 0.164 e. The van der Waals surface area contributed by atoms with Crippen LogP contribution in [-0.4, -0.2) is 46.2 Å². The van der Waals surface area contributed by atoms with Crippen molar-refractivity contribution in [2.75, 3.05) is 6.61 Å². The van der Waals surface area contributed by atoms with Gasteiger partial charge in [0.1, 0.15) is 23.7 Å². The normalized spacial score (nSPS) is 34.0. The third-order valence-electron chi connectivity index (χ3n) is 3.75. The molecule has 5 nitrogen and oxygen atoms in total. The molecule has 4 atom stereocenters. The molecular weight excluding hydrogens is 322 g/mol. The second-order valence-corrected chi connectivity index (χ2v) is 8.27. The van der Waals surface area contributed by atoms with Crippen molar-refractivity contribution in [2.24, 2.45) is 0 Å². The Morgan fingerprint density at radius 1 is 1.32 bits per heavy atom. The van der Waals surface area contributed by atoms with Gasteiger partial charge >= 0.3 is 0 Å². The fourth-order valence-electron chi connectivity index (χ4n) is 2.83. The number of thiazole rings is 1. The van der Waals surface area contributed by atoms with Gasteiger partial charge in [-0.2, -0.15) is 0 Å². The summed E-state index contributed by atoms with van der Waals surface area (Å²) >= 11 is 3.05. The summed E-state index contributed by atoms with van der Waals surface area (Å²) in [5, 5.41) is 10.5. The van der Waals surface area contributed by atoms with Crippen molar-refractivity contribution < 1.29 is 19.3 Å². The first-order valence-corrected chi connectivity index (χ1v) is 8.89. The lowest BCUT2D eigenvalue weighted by atomic mass is 10.1. The van der Waals surface area contributed by atoms with Gasteiger partial charge in [0.25, 0.3) is 0 Å². The van der Waals surface area contributed by atoms with Crippen LogP contribution >= 0.6 is 23.1 Å². The molecule has 0 spiro atoms. The second kappa shape index (κ2) is 5.43. The lowest BCUT2D eigenvalue weighted by Gasteiger charge is -2.33. The number of aromatic nitrogens is 1. The average Bonchev–Trinajstić information content (AvgIpc) is 3.01. The Morgan fingerprint density at radius 3 is 2.95 bits per heavy atom. The number of nitrogens with zero attached hydrogens (tertiary/aromatic N) is 1. The summed E-state index contributed by atoms with van der Waals surface area (Å²) in [5.41, 5.74) is 0.582. The van der Waals surface area contributed by atoms with Crippen molar-refractivity contribution in [3.8, 4) is 0 Å². The zero-order chi connectivity index (χ0) is 15.3. The number of hydrogen-bond donors (Lipinski definition) is 1. The molecule has 1 N–H and O–H groups in total. The molecule has 0 bridgehead atoms. The van der Waals surface area contributed by atoms with Gasteiger partial charge in [-0.05, 0) is 26.0 Å². The maximum atomic E-state index is 10.5. The van der Waals surface area contributed by atoms with Crippen LogP contribution < -0.4 is 0 Å². The predicted molar refractivity (Wildman–Crippen MR) is 85.0 cm³/mol. The second-order valence-electron chi connectivity index (χ2n) is 5.90. The van der Waals surface area contributed by atoms with Crippen LogP contribution in [0.5, 0.6) is 0 Å². The molecule has 1 aromatic heterocycles. The SMILES string of the molecule is CC1(C)O[C@H]2[C@H](COC(Sc3nc4ccccc4s3)[C@@H]2O)O1. The van der Waals surface area contributed by atoms with Crippen molar-refractivity contribution >= 4 is 33.3 Å². The van der Waals surface area contributed by atoms with E-state index in [1.54, 1.807) is 11.3 Å². The molecule has 0 saturated carbocycles. The summed E-state index contributed by atoms with van der Waals surface area (Å²) < 4.78 is 19.3. The van der Waals surface area contributed by atoms with Crippen LogP contribution in [0.25, 0.3) is 10.2 Å². The summed E-state index contributed by atoms with van der Waals surface area (Å²) in [4.78, 5) is 4.57. The number of benzene rings is 1. The molecule has 0 aliphatic carbocycles. The van der Waals surface area contributed by atoms with Crippen LogP contribution in [0.3, 0.4) is 0 Å². The van der Waals surface area contributed by atoms with E-state index in [4.69, 9.17) is 14.2 Å². The van der Waals surface area contributed by atoms with Gasteiger partial charge in [0.05, 0.1) is 16.8 Å². The molecule has 7 heteroatoms. The van der Waals surface area contributed by atoms with E-state index in [1.165, 1.54) is 11.8 Å². The van der Waals surface area contributed by atoms with E-state index >= 15 is 0 Å². The van der Waals surface area contributed by atoms with E-state index in [0.717, 1.165) is 14.6 Å². The molecular formula is C15H17NO4S2. The number of para-hydroxylation sites is 1. The van der Waals surface area contributed by atoms with Gasteiger partial charge in [-0.3, -0.25) is 0 Å². The van der Waals surface area contributed by atoms with E-state index in [2.05, 4.69) is 4.98 Å². The minimum Gasteiger partial charge on any atom is -0.387 e. The van der Waals surface area contributed by atoms with Crippen molar-refractivity contribution in [1.29, 1.82) is 0 Å². The molecule has 3 heterocycles. The van der Waals surface area contributed by atoms with E-state index in [9.17, 15) is 5.11 Å². The molecule has 22 heavy (non-hydrogen) atoms. The summed E-state index contributed by atoms with van der Waals surface area (Å²) in [7, 11) is 0. The molecule has 1 aromatic carbocycles. The molecule has 118 valence electrons. The van der Waals surface area contributed by atoms with Gasteiger partial charge in [-0.25, -0.2) is 4.98 Å². The quantitative estimate of drug-likeness (QED) is 0.908. The fraction of sp³-hybridized carbons (Fsp3) is 0.533. The first-order valence-electron chi connectivity index (χ1n) is 7.19. The predicted octanol–water partition coefficient (Wildman–Crippen LogP) is 2.63. The standard InChI is InChI=1S/C15H17NO4S2/c1-15(2)19-9-7-18-13(11(17)12(9)20-15)22-14-16-8-5-3-4-6-10(8)21-14/h3-6,9,11-13,17H,7H2,1-2H3/t9-,11+,12-,13?/m0/s1. The first kappa shape index (κ1) is 14.9. The van der Waals surface area contributed by atoms with E-state index in [1.807, 2.05) is 38.1 Å². The van der Waals surface area contributed by atoms with E-state index in [0.29, 0.717) is 6.61 Å². The molecule has 1 unspecified atom stereocenters. The topological polar surface area (TPSA) is 60.8 Å². The Balaban J connectivity index is 1.51. The van der Waals surface area contributed by atoms with Crippen LogP contribution in [0.15, 0.2) is 28.6 Å². The first-order chi connectivity index (χ1) is 10.5. The minimum absolute atomic E-state index is 0.211. The number of aliphatic hydroxyl groups excluding tert-OH is 1. The van der Waals surface area contributed by atoms with Crippen molar-refractivity contribution in [3.63, 3.8) is 0 Å². The van der Waals surface area contributed by atoms with Crippen LogP contribution in [0.1, 0.15) is 13.8 Å². The number of ether oxygens (including phenoxy) is 3. The highest BCUT2D eigenvalue weighted by molar-refractivity contribution is 8.01. The number of aliphatic hydroxyl groups is 1. The zero-order valence-electron chi connectivity index (χ0n) is 12.3. The molecule has 2 saturated heterocycles. The highest BCUT2D eigenvalue weighted by Crippen LogP contribution is 2.40. The summed E-state index contributed by atoms with van der Waals surface area (Å²) in [6.45, 7) is 4.13. The maximum absolute atomic E-state index is 10.5. The Labute approximate surface area is 136 Å². The Bertz CT molecular complexity index is 656. The Kier molecular flexibility index (Phi) is 3.67. The third-order valence-corrected chi connectivity index (χ3v) is 6.06. The summed E-state index contributed by atoms with van der Waals surface area (Å²) in [6.07, 6.45) is -1.30. The number of thioether (sulfide) groups is 1. The van der Waals surface area contributed by atoms with Gasteiger partial charge in [0, 0.05) is 0 Å². The van der Waals surface area contributed by atoms with Gasteiger partial charge < -0.3 is 19.3 Å². The highest BCUT2D eigenvalue weighted by atomic mass is 32.2. The van der Waals surface area contributed by atoms with Crippen LogP contribution in [0.2, 0.25) is 0 Å². The van der Waals surface area contributed by atoms with Gasteiger partial charge in [0.2, 0.25) is 0 Å². The van der Waals surface area contributed by atoms with Gasteiger partial charge in [0.15, 0.2) is 10.1 Å². The fourth-order valence-corrected chi connectivity index (χ4v) is 5.06. The molecule has 2 fully saturated rings. The lowest BCUT2D eigenvalue weighted by molar-refractivity contribution is -0.153. The monoisotopic (exact) mass is 339 g/mol. The van der Waals surface area contributed by atoms with Crippen LogP contribution in [0, 0.1) is 0 Å². The molecule has 2 aliphatic heterocycles. The molecule has 2 aliphatic rings. The van der Waals surface area contributed by atoms with Crippen molar-refractivity contribution in [3.05, 3.63) is 24.3 Å². The molecule has 0 radical (unpaired) electrons. The number of rotatable bonds is 2. The van der Waals surface area contributed by atoms with Gasteiger partial charge in [-0.15, -0.1) is 11.3 Å². The summed E-state index contributed by atoms with van der Waals surface area (Å²) in [6, 6.07) is 8.00. The number of hydrogen-bond acceptors (Lipinski definition) is 7. The number of fused-ring (bicyclic) bond motifs is 2. The van der Waals surface area contributed by atoms with Crippen molar-refractivity contribution in [1.82, 2.24) is 4.98 Å². The molecule has 0 amide bonds. The summed E-state index contributed by atoms with van der Waals surface area (Å²) in [5.74, 6) is -0.672. The van der Waals surface area contributed by atoms with Crippen molar-refractivity contribution in [2.45, 2.75) is 47.7 Å². The Morgan fingerprint density at radius 2 is 2.14 bits per heavy atom. The van der Waals surface area contributed by atoms with Gasteiger partial charge in [-0.1, -0.05) is 23.9 Å². The third kappa shape index (κ3) is 2.66. The average molecular weight is 339 g/mol.